The standard InChI is InChI=1S/C37H53NO10/c1-3-5-7-11-14-18-29(39)19-15-12-9-10-13-16-20-31(37(47,36(45)46)27-33(40)41)34(42)38-32(35(43)44)26-28-21-23-30(24-22-28)48-25-17-8-6-4-2/h16,20-24,31-32,47H,3-7,9-15,18-19,25-27H2,1-2H3,(H,38,42)(H,40,41)(H,43,44)(H,45,46)/b20-16+. The Hall–Kier alpha value is -4.17. The molecule has 0 aliphatic carbocycles. The quantitative estimate of drug-likeness (QED) is 0.0463. The van der Waals surface area contributed by atoms with Gasteiger partial charge in [-0.3, -0.25) is 14.4 Å². The summed E-state index contributed by atoms with van der Waals surface area (Å²) in [5, 5.41) is 42.1. The Labute approximate surface area is 284 Å². The first-order chi connectivity index (χ1) is 22.9. The van der Waals surface area contributed by atoms with Gasteiger partial charge in [0, 0.05) is 25.7 Å². The average molecular weight is 672 g/mol. The van der Waals surface area contributed by atoms with Crippen molar-refractivity contribution < 1.29 is 49.1 Å². The number of hydrogen-bond donors (Lipinski definition) is 5. The van der Waals surface area contributed by atoms with Crippen LogP contribution in [0.5, 0.6) is 5.75 Å². The number of hydrogen-bond acceptors (Lipinski definition) is 7. The third-order valence-corrected chi connectivity index (χ3v) is 7.84. The normalized spacial score (nSPS) is 13.5. The summed E-state index contributed by atoms with van der Waals surface area (Å²) in [6, 6.07) is 5.01. The van der Waals surface area contributed by atoms with E-state index in [0.717, 1.165) is 63.9 Å². The molecule has 1 aromatic rings. The van der Waals surface area contributed by atoms with Crippen molar-refractivity contribution in [1.29, 1.82) is 0 Å². The number of benzene rings is 1. The van der Waals surface area contributed by atoms with E-state index in [1.165, 1.54) is 12.5 Å². The van der Waals surface area contributed by atoms with Crippen molar-refractivity contribution in [1.82, 2.24) is 5.32 Å². The Morgan fingerprint density at radius 1 is 0.854 bits per heavy atom. The molecule has 1 aromatic carbocycles. The number of carboxylic acid groups (broad SMARTS) is 3. The zero-order chi connectivity index (χ0) is 35.8. The predicted molar refractivity (Wildman–Crippen MR) is 181 cm³/mol. The molecule has 0 radical (unpaired) electrons. The van der Waals surface area contributed by atoms with Crippen molar-refractivity contribution in [3.05, 3.63) is 42.0 Å². The zero-order valence-electron chi connectivity index (χ0n) is 28.4. The van der Waals surface area contributed by atoms with E-state index in [-0.39, 0.29) is 18.8 Å². The molecule has 0 saturated carbocycles. The van der Waals surface area contributed by atoms with Crippen LogP contribution < -0.4 is 10.1 Å². The minimum Gasteiger partial charge on any atom is -0.481 e. The first-order valence-corrected chi connectivity index (χ1v) is 17.0. The Kier molecular flexibility index (Phi) is 21.0. The Bertz CT molecular complexity index is 1250. The number of aliphatic hydroxyl groups is 1. The van der Waals surface area contributed by atoms with Crippen molar-refractivity contribution in [2.75, 3.05) is 6.61 Å². The molecule has 0 bridgehead atoms. The molecular weight excluding hydrogens is 618 g/mol. The number of ether oxygens (including phenoxy) is 1. The van der Waals surface area contributed by atoms with Crippen LogP contribution >= 0.6 is 0 Å². The van der Waals surface area contributed by atoms with E-state index in [4.69, 9.17) is 4.74 Å². The number of Topliss-reactive ketones (excluding diaryl/α,β-unsaturated/α-hetero) is 1. The summed E-state index contributed by atoms with van der Waals surface area (Å²) in [4.78, 5) is 61.0. The number of ketones is 1. The highest BCUT2D eigenvalue weighted by Gasteiger charge is 2.49. The lowest BCUT2D eigenvalue weighted by atomic mass is 9.82. The minimum atomic E-state index is -3.02. The number of nitrogens with one attached hydrogen (secondary N) is 1. The Morgan fingerprint density at radius 3 is 2.04 bits per heavy atom. The minimum absolute atomic E-state index is 0.167. The summed E-state index contributed by atoms with van der Waals surface area (Å²) in [6.45, 7) is 4.37. The molecule has 0 heterocycles. The first kappa shape index (κ1) is 41.9. The van der Waals surface area contributed by atoms with Gasteiger partial charge < -0.3 is 30.5 Å². The van der Waals surface area contributed by atoms with E-state index in [1.807, 2.05) is 6.92 Å². The molecule has 5 N–H and O–H groups in total. The van der Waals surface area contributed by atoms with Crippen LogP contribution in [0.25, 0.3) is 0 Å². The number of aliphatic carboxylic acids is 3. The van der Waals surface area contributed by atoms with Gasteiger partial charge in [-0.1, -0.05) is 88.5 Å². The third kappa shape index (κ3) is 17.1. The predicted octanol–water partition coefficient (Wildman–Crippen LogP) is 5.71. The van der Waals surface area contributed by atoms with Crippen LogP contribution in [0.4, 0.5) is 0 Å². The van der Waals surface area contributed by atoms with Crippen LogP contribution in [0.2, 0.25) is 0 Å². The van der Waals surface area contributed by atoms with Gasteiger partial charge in [-0.05, 0) is 49.8 Å². The zero-order valence-corrected chi connectivity index (χ0v) is 28.4. The lowest BCUT2D eigenvalue weighted by Crippen LogP contribution is -2.55. The van der Waals surface area contributed by atoms with Gasteiger partial charge >= 0.3 is 17.9 Å². The molecule has 11 heteroatoms. The maximum absolute atomic E-state index is 13.3. The molecule has 48 heavy (non-hydrogen) atoms. The number of carbonyl (C=O) groups excluding carboxylic acids is 2. The van der Waals surface area contributed by atoms with E-state index >= 15 is 0 Å². The smallest absolute Gasteiger partial charge is 0.337 e. The van der Waals surface area contributed by atoms with Crippen LogP contribution in [0, 0.1) is 17.8 Å². The second-order valence-corrected chi connectivity index (χ2v) is 12.0. The number of rotatable bonds is 26. The van der Waals surface area contributed by atoms with Gasteiger partial charge in [-0.2, -0.15) is 0 Å². The van der Waals surface area contributed by atoms with E-state index in [0.29, 0.717) is 37.0 Å². The van der Waals surface area contributed by atoms with Crippen LogP contribution in [-0.2, 0) is 30.4 Å². The molecule has 266 valence electrons. The summed E-state index contributed by atoms with van der Waals surface area (Å²) in [5.74, 6) is -1.34. The van der Waals surface area contributed by atoms with Crippen molar-refractivity contribution >= 4 is 29.6 Å². The van der Waals surface area contributed by atoms with Crippen molar-refractivity contribution in [3.63, 3.8) is 0 Å². The molecule has 3 unspecified atom stereocenters. The molecule has 11 nitrogen and oxygen atoms in total. The molecule has 1 amide bonds. The Morgan fingerprint density at radius 2 is 1.48 bits per heavy atom. The maximum atomic E-state index is 13.3. The summed E-state index contributed by atoms with van der Waals surface area (Å²) in [5.41, 5.74) is -2.49. The number of amides is 1. The van der Waals surface area contributed by atoms with E-state index in [2.05, 4.69) is 24.1 Å². The largest absolute Gasteiger partial charge is 0.481 e. The van der Waals surface area contributed by atoms with Crippen molar-refractivity contribution in [2.45, 2.75) is 128 Å². The lowest BCUT2D eigenvalue weighted by molar-refractivity contribution is -0.172. The summed E-state index contributed by atoms with van der Waals surface area (Å²) >= 11 is 0. The fourth-order valence-corrected chi connectivity index (χ4v) is 5.04. The van der Waals surface area contributed by atoms with Gasteiger partial charge in [-0.15, -0.1) is 0 Å². The summed E-state index contributed by atoms with van der Waals surface area (Å²) in [6.07, 6.45) is 12.9. The molecule has 0 saturated heterocycles. The van der Waals surface area contributed by atoms with Crippen molar-refractivity contribution in [2.24, 2.45) is 5.92 Å². The SMILES string of the molecule is CCCC#CCOc1ccc(CC(NC(=O)C(/C=C/CCCCCCC(=O)CCCCCCC)C(O)(CC(=O)O)C(=O)O)C(=O)O)cc1. The maximum Gasteiger partial charge on any atom is 0.337 e. The molecule has 0 aromatic heterocycles. The number of carbonyl (C=O) groups is 5. The second-order valence-electron chi connectivity index (χ2n) is 12.0. The third-order valence-electron chi connectivity index (χ3n) is 7.84. The molecule has 0 aliphatic rings. The molecule has 0 fully saturated rings. The van der Waals surface area contributed by atoms with Gasteiger partial charge in [0.15, 0.2) is 5.60 Å². The topological polar surface area (TPSA) is 188 Å². The molecule has 3 atom stereocenters. The molecule has 1 rings (SSSR count). The highest BCUT2D eigenvalue weighted by atomic mass is 16.5. The first-order valence-electron chi connectivity index (χ1n) is 17.0. The van der Waals surface area contributed by atoms with Gasteiger partial charge in [0.2, 0.25) is 5.91 Å². The fourth-order valence-electron chi connectivity index (χ4n) is 5.04. The fraction of sp³-hybridized carbons (Fsp3) is 0.595. The van der Waals surface area contributed by atoms with Gasteiger partial charge in [0.25, 0.3) is 0 Å². The molecule has 0 aliphatic heterocycles. The Balaban J connectivity index is 2.83. The average Bonchev–Trinajstić information content (AvgIpc) is 3.03. The highest BCUT2D eigenvalue weighted by Crippen LogP contribution is 2.26. The van der Waals surface area contributed by atoms with Crippen LogP contribution in [-0.4, -0.2) is 68.3 Å². The van der Waals surface area contributed by atoms with Gasteiger partial charge in [0.05, 0.1) is 12.3 Å². The molecular formula is C37H53NO10. The lowest BCUT2D eigenvalue weighted by Gasteiger charge is -2.29. The number of carboxylic acids is 3. The van der Waals surface area contributed by atoms with Gasteiger partial charge in [0.1, 0.15) is 24.2 Å². The second kappa shape index (κ2) is 24.0. The van der Waals surface area contributed by atoms with Crippen molar-refractivity contribution in [3.8, 4) is 17.6 Å². The van der Waals surface area contributed by atoms with E-state index < -0.39 is 47.8 Å². The highest BCUT2D eigenvalue weighted by molar-refractivity contribution is 5.94. The monoisotopic (exact) mass is 671 g/mol. The van der Waals surface area contributed by atoms with Crippen LogP contribution in [0.3, 0.4) is 0 Å². The molecule has 0 spiro atoms. The summed E-state index contributed by atoms with van der Waals surface area (Å²) < 4.78 is 5.54. The van der Waals surface area contributed by atoms with E-state index in [1.54, 1.807) is 24.3 Å². The van der Waals surface area contributed by atoms with Gasteiger partial charge in [-0.25, -0.2) is 9.59 Å². The van der Waals surface area contributed by atoms with Crippen LogP contribution in [0.1, 0.15) is 116 Å². The van der Waals surface area contributed by atoms with Crippen LogP contribution in [0.15, 0.2) is 36.4 Å². The number of allylic oxidation sites excluding steroid dienone is 1. The number of unbranched alkanes of at least 4 members (excludes halogenated alkanes) is 9. The van der Waals surface area contributed by atoms with E-state index in [9.17, 15) is 44.4 Å². The summed E-state index contributed by atoms with van der Waals surface area (Å²) in [7, 11) is 0.